The number of hydrogen-bond donors (Lipinski definition) is 1. The first-order valence-corrected chi connectivity index (χ1v) is 6.10. The zero-order valence-electron chi connectivity index (χ0n) is 11.1. The number of aryl methyl sites for hydroxylation is 1. The van der Waals surface area contributed by atoms with Gasteiger partial charge >= 0.3 is 6.18 Å². The Kier molecular flexibility index (Phi) is 4.08. The van der Waals surface area contributed by atoms with Gasteiger partial charge in [-0.3, -0.25) is 4.68 Å². The van der Waals surface area contributed by atoms with Crippen molar-refractivity contribution in [3.63, 3.8) is 0 Å². The minimum absolute atomic E-state index is 0.140. The number of nitrogens with zero attached hydrogens (tertiary/aromatic N) is 3. The molecule has 1 N–H and O–H groups in total. The third kappa shape index (κ3) is 3.16. The summed E-state index contributed by atoms with van der Waals surface area (Å²) in [4.78, 5) is 0. The van der Waals surface area contributed by atoms with Gasteiger partial charge in [-0.15, -0.1) is 5.10 Å². The van der Waals surface area contributed by atoms with Crippen molar-refractivity contribution in [1.82, 2.24) is 20.3 Å². The Bertz CT molecular complexity index is 577. The first-order chi connectivity index (χ1) is 9.41. The molecule has 1 heterocycles. The summed E-state index contributed by atoms with van der Waals surface area (Å²) in [6.45, 7) is 0. The van der Waals surface area contributed by atoms with Crippen LogP contribution in [0.25, 0.3) is 0 Å². The van der Waals surface area contributed by atoms with E-state index >= 15 is 0 Å². The Balaban J connectivity index is 2.23. The fraction of sp³-hybridized carbons (Fsp3) is 0.385. The van der Waals surface area contributed by atoms with E-state index in [1.807, 2.05) is 0 Å². The van der Waals surface area contributed by atoms with E-state index in [1.54, 1.807) is 31.0 Å². The van der Waals surface area contributed by atoms with Gasteiger partial charge in [0.1, 0.15) is 0 Å². The van der Waals surface area contributed by atoms with Gasteiger partial charge in [-0.05, 0) is 25.1 Å². The molecule has 20 heavy (non-hydrogen) atoms. The van der Waals surface area contributed by atoms with Crippen LogP contribution in [0.15, 0.2) is 30.5 Å². The van der Waals surface area contributed by atoms with Crippen LogP contribution in [-0.2, 0) is 19.6 Å². The summed E-state index contributed by atoms with van der Waals surface area (Å²) in [7, 11) is 3.50. The minimum atomic E-state index is -4.32. The highest BCUT2D eigenvalue weighted by molar-refractivity contribution is 5.27. The summed E-state index contributed by atoms with van der Waals surface area (Å²) in [5.41, 5.74) is 0.804. The molecule has 7 heteroatoms. The van der Waals surface area contributed by atoms with Crippen molar-refractivity contribution in [2.75, 3.05) is 7.05 Å². The van der Waals surface area contributed by atoms with Crippen molar-refractivity contribution in [3.05, 3.63) is 47.3 Å². The van der Waals surface area contributed by atoms with Gasteiger partial charge in [-0.25, -0.2) is 0 Å². The third-order valence-corrected chi connectivity index (χ3v) is 3.15. The van der Waals surface area contributed by atoms with Crippen LogP contribution < -0.4 is 5.32 Å². The monoisotopic (exact) mass is 284 g/mol. The second-order valence-corrected chi connectivity index (χ2v) is 4.53. The molecule has 2 aromatic rings. The third-order valence-electron chi connectivity index (χ3n) is 3.15. The number of benzene rings is 1. The largest absolute Gasteiger partial charge is 0.416 e. The highest BCUT2D eigenvalue weighted by Gasteiger charge is 2.30. The average molecular weight is 284 g/mol. The van der Waals surface area contributed by atoms with Crippen molar-refractivity contribution in [2.24, 2.45) is 7.05 Å². The number of alkyl halides is 3. The Hall–Kier alpha value is -1.89. The zero-order chi connectivity index (χ0) is 14.8. The summed E-state index contributed by atoms with van der Waals surface area (Å²) >= 11 is 0. The van der Waals surface area contributed by atoms with Gasteiger partial charge < -0.3 is 5.32 Å². The van der Waals surface area contributed by atoms with Crippen LogP contribution >= 0.6 is 0 Å². The highest BCUT2D eigenvalue weighted by atomic mass is 19.4. The molecular formula is C13H15F3N4. The molecule has 1 atom stereocenters. The molecule has 2 rings (SSSR count). The van der Waals surface area contributed by atoms with Crippen molar-refractivity contribution in [1.29, 1.82) is 0 Å². The molecule has 0 radical (unpaired) electrons. The number of hydrogen-bond acceptors (Lipinski definition) is 3. The molecule has 0 amide bonds. The summed E-state index contributed by atoms with van der Waals surface area (Å²) in [6, 6.07) is 5.21. The van der Waals surface area contributed by atoms with Gasteiger partial charge in [0.05, 0.1) is 23.5 Å². The summed E-state index contributed by atoms with van der Waals surface area (Å²) in [5, 5.41) is 10.7. The Morgan fingerprint density at radius 1 is 1.35 bits per heavy atom. The molecule has 0 spiro atoms. The standard InChI is InChI=1S/C13H15F3N4/c1-17-11(12-8-18-19-20(12)2)7-9-4-3-5-10(6-9)13(14,15)16/h3-6,8,11,17H,7H2,1-2H3. The van der Waals surface area contributed by atoms with E-state index in [-0.39, 0.29) is 6.04 Å². The van der Waals surface area contributed by atoms with Gasteiger partial charge in [-0.2, -0.15) is 13.2 Å². The molecule has 0 aliphatic rings. The first kappa shape index (κ1) is 14.5. The van der Waals surface area contributed by atoms with E-state index in [9.17, 15) is 13.2 Å². The lowest BCUT2D eigenvalue weighted by molar-refractivity contribution is -0.137. The van der Waals surface area contributed by atoms with E-state index in [0.717, 1.165) is 11.8 Å². The summed E-state index contributed by atoms with van der Waals surface area (Å²) in [6.07, 6.45) is -2.28. The van der Waals surface area contributed by atoms with Crippen molar-refractivity contribution >= 4 is 0 Å². The van der Waals surface area contributed by atoms with Crippen LogP contribution in [0.5, 0.6) is 0 Å². The second-order valence-electron chi connectivity index (χ2n) is 4.53. The molecule has 1 aromatic carbocycles. The summed E-state index contributed by atoms with van der Waals surface area (Å²) < 4.78 is 39.7. The predicted molar refractivity (Wildman–Crippen MR) is 68.0 cm³/mol. The van der Waals surface area contributed by atoms with Crippen molar-refractivity contribution < 1.29 is 13.2 Å². The fourth-order valence-electron chi connectivity index (χ4n) is 2.08. The van der Waals surface area contributed by atoms with Gasteiger partial charge in [-0.1, -0.05) is 23.4 Å². The van der Waals surface area contributed by atoms with Crippen LogP contribution in [-0.4, -0.2) is 22.0 Å². The van der Waals surface area contributed by atoms with Crippen LogP contribution in [0, 0.1) is 0 Å². The van der Waals surface area contributed by atoms with Gasteiger partial charge in [0.25, 0.3) is 0 Å². The fourth-order valence-corrected chi connectivity index (χ4v) is 2.08. The molecule has 0 saturated heterocycles. The topological polar surface area (TPSA) is 42.7 Å². The molecular weight excluding hydrogens is 269 g/mol. The minimum Gasteiger partial charge on any atom is -0.311 e. The Morgan fingerprint density at radius 2 is 2.10 bits per heavy atom. The van der Waals surface area contributed by atoms with Crippen molar-refractivity contribution in [2.45, 2.75) is 18.6 Å². The molecule has 4 nitrogen and oxygen atoms in total. The maximum atomic E-state index is 12.7. The number of rotatable bonds is 4. The lowest BCUT2D eigenvalue weighted by atomic mass is 10.0. The zero-order valence-corrected chi connectivity index (χ0v) is 11.1. The second kappa shape index (κ2) is 5.62. The predicted octanol–water partition coefficient (Wildman–Crippen LogP) is 2.34. The van der Waals surface area contributed by atoms with E-state index in [1.165, 1.54) is 12.1 Å². The number of aromatic nitrogens is 3. The first-order valence-electron chi connectivity index (χ1n) is 6.10. The SMILES string of the molecule is CNC(Cc1cccc(C(F)(F)F)c1)c1cnnn1C. The van der Waals surface area contributed by atoms with Crippen LogP contribution in [0.2, 0.25) is 0 Å². The molecule has 1 unspecified atom stereocenters. The maximum absolute atomic E-state index is 12.7. The lowest BCUT2D eigenvalue weighted by Crippen LogP contribution is -2.21. The van der Waals surface area contributed by atoms with Gasteiger partial charge in [0, 0.05) is 7.05 Å². The Labute approximate surface area is 114 Å². The van der Waals surface area contributed by atoms with Gasteiger partial charge in [0.2, 0.25) is 0 Å². The smallest absolute Gasteiger partial charge is 0.311 e. The van der Waals surface area contributed by atoms with E-state index in [4.69, 9.17) is 0 Å². The van der Waals surface area contributed by atoms with Crippen LogP contribution in [0.4, 0.5) is 13.2 Å². The molecule has 0 aliphatic carbocycles. The maximum Gasteiger partial charge on any atom is 0.416 e. The molecule has 108 valence electrons. The molecule has 1 aromatic heterocycles. The number of halogens is 3. The lowest BCUT2D eigenvalue weighted by Gasteiger charge is -2.16. The van der Waals surface area contributed by atoms with Gasteiger partial charge in [0.15, 0.2) is 0 Å². The Morgan fingerprint density at radius 3 is 2.65 bits per heavy atom. The summed E-state index contributed by atoms with van der Waals surface area (Å²) in [5.74, 6) is 0. The molecule has 0 bridgehead atoms. The molecule has 0 aliphatic heterocycles. The van der Waals surface area contributed by atoms with E-state index < -0.39 is 11.7 Å². The average Bonchev–Trinajstić information content (AvgIpc) is 2.81. The van der Waals surface area contributed by atoms with Crippen LogP contribution in [0.1, 0.15) is 22.9 Å². The normalized spacial score (nSPS) is 13.4. The molecule has 0 fully saturated rings. The van der Waals surface area contributed by atoms with Crippen molar-refractivity contribution in [3.8, 4) is 0 Å². The number of likely N-dealkylation sites (N-methyl/N-ethyl adjacent to an activating group) is 1. The quantitative estimate of drug-likeness (QED) is 0.937. The van der Waals surface area contributed by atoms with Crippen LogP contribution in [0.3, 0.4) is 0 Å². The molecule has 0 saturated carbocycles. The highest BCUT2D eigenvalue weighted by Crippen LogP contribution is 2.30. The van der Waals surface area contributed by atoms with E-state index in [0.29, 0.717) is 12.0 Å². The van der Waals surface area contributed by atoms with E-state index in [2.05, 4.69) is 15.6 Å². The number of nitrogens with one attached hydrogen (secondary N) is 1.